The van der Waals surface area contributed by atoms with Gasteiger partial charge in [-0.3, -0.25) is 4.79 Å². The second-order valence-electron chi connectivity index (χ2n) is 37.1. The van der Waals surface area contributed by atoms with Gasteiger partial charge in [0.2, 0.25) is 40.1 Å². The summed E-state index contributed by atoms with van der Waals surface area (Å²) in [5, 5.41) is 3.43. The Bertz CT molecular complexity index is 6530. The van der Waals surface area contributed by atoms with E-state index in [1.165, 1.54) is 66.5 Å². The molecule has 1 amide bonds. The zero-order chi connectivity index (χ0) is 94.8. The van der Waals surface area contributed by atoms with Gasteiger partial charge in [-0.15, -0.1) is 0 Å². The van der Waals surface area contributed by atoms with Crippen LogP contribution in [-0.4, -0.2) is 229 Å². The summed E-state index contributed by atoms with van der Waals surface area (Å²) in [5.74, 6) is 2.84. The lowest BCUT2D eigenvalue weighted by molar-refractivity contribution is 0.0996. The predicted molar refractivity (Wildman–Crippen MR) is 519 cm³/mol. The Balaban J connectivity index is 0.000000123. The summed E-state index contributed by atoms with van der Waals surface area (Å²) >= 11 is 0. The molecule has 7 N–H and O–H groups in total. The highest BCUT2D eigenvalue weighted by atomic mass is 32.2. The largest absolute Gasteiger partial charge is 0.366 e. The smallest absolute Gasteiger partial charge is 0.279 e. The van der Waals surface area contributed by atoms with E-state index in [1.54, 1.807) is 41.2 Å². The number of amides is 1. The van der Waals surface area contributed by atoms with Gasteiger partial charge in [0.25, 0.3) is 16.1 Å². The van der Waals surface area contributed by atoms with E-state index in [0.717, 1.165) is 213 Å². The fourth-order valence-electron chi connectivity index (χ4n) is 18.6. The maximum absolute atomic E-state index is 14.3. The van der Waals surface area contributed by atoms with Crippen molar-refractivity contribution < 1.29 is 60.1 Å². The molecule has 9 aliphatic rings. The number of piperidine rings is 6. The van der Waals surface area contributed by atoms with Crippen molar-refractivity contribution >= 4 is 140 Å². The van der Waals surface area contributed by atoms with Crippen LogP contribution in [0.25, 0.3) is 54.5 Å². The molecule has 0 radical (unpaired) electrons. The van der Waals surface area contributed by atoms with E-state index in [2.05, 4.69) is 131 Å². The van der Waals surface area contributed by atoms with Gasteiger partial charge in [-0.1, -0.05) is 47.4 Å². The molecule has 6 aliphatic heterocycles. The number of aromatic nitrogens is 10. The predicted octanol–water partition coefficient (Wildman–Crippen LogP) is 11.2. The second kappa shape index (κ2) is 43.2. The molecule has 9 fully saturated rings. The number of hydrogen-bond acceptors (Lipinski definition) is 26. The van der Waals surface area contributed by atoms with Gasteiger partial charge in [0.15, 0.2) is 0 Å². The maximum atomic E-state index is 14.3. The SMILES string of the molecule is Cc1ccc(S(=O)(=O)NCC2CCCN(c3ncnc4ccc(C)cc34)C2)cc1.Cc1ccc2ncnc(N3CCCC(CNS(=O)(=O)C4CC4)C3)c2c1.NC(=O)c1cc2ncnc(N3CCCC(CNS(=O)(=O)C4CC4)C3)c2cc1F.O=S(=O)(NCC1CCCN(c2ncnc3ccc(F)cc23)C1)C1CC1.O=S(=O)(NCC1CCCN(c2ncnc3ccc(F)cc23)C1)N1CCCCC1. The van der Waals surface area contributed by atoms with Crippen LogP contribution in [0.15, 0.2) is 146 Å². The van der Waals surface area contributed by atoms with Crippen LogP contribution in [0.1, 0.15) is 149 Å². The number of nitrogens with two attached hydrogens (primary N) is 1. The van der Waals surface area contributed by atoms with Crippen molar-refractivity contribution in [3.8, 4) is 0 Å². The van der Waals surface area contributed by atoms with Crippen molar-refractivity contribution in [2.75, 3.05) is 136 Å². The first-order valence-electron chi connectivity index (χ1n) is 46.8. The Kier molecular flexibility index (Phi) is 31.3. The van der Waals surface area contributed by atoms with Crippen LogP contribution in [0.4, 0.5) is 42.3 Å². The van der Waals surface area contributed by atoms with Gasteiger partial charge in [-0.25, -0.2) is 120 Å². The highest BCUT2D eigenvalue weighted by Crippen LogP contribution is 2.37. The number of carbonyl (C=O) groups excluding carboxylic acids is 1. The standard InChI is InChI=1S/C22H26N4O2S.C19H26FN5O2S.C18H22FN5O3S.C18H24N4O2S.C17H21FN4O2S/c1-16-5-8-19(9-6-16)29(27,28)25-13-18-4-3-11-26(14-18)22-20-12-17(2)7-10-21(20)23-15-24-22;20-16-6-7-18-17(11-16)19(22-14-21-18)24-8-4-5-15(13-24)12-23-28(26,27)25-9-2-1-3-10-25;19-15-6-14-16(7-13(15)17(20)25)21-10-22-18(14)24-5-1-2-11(9-24)8-23-28(26,27)12-3-4-12;1-13-4-7-17-16(9-13)18(20-12-19-17)22-8-2-3-14(11-22)10-21-25(23,24)15-5-6-15;18-13-3-6-16-15(8-13)17(20-11-19-16)22-7-1-2-12(10-22)9-21-25(23,24)14-4-5-14/h5-10,12,15,18,25H,3-4,11,13-14H2,1-2H3;6-7,11,14-15,23H,1-5,8-10,12-13H2;6-7,10-12,23H,1-5,8-9H2,(H2,20,25);4,7,9,12,14-15,21H,2-3,5-6,8,10-11H2,1H3;3,6,8,11-12,14,21H,1-2,4-5,7,9-10H2. The first-order valence-corrected chi connectivity index (χ1v) is 54.4. The number of sulfonamides is 4. The van der Waals surface area contributed by atoms with Crippen molar-refractivity contribution in [2.45, 2.75) is 163 Å². The number of hydrogen-bond donors (Lipinski definition) is 6. The molecule has 3 saturated carbocycles. The lowest BCUT2D eigenvalue weighted by Gasteiger charge is -2.34. The van der Waals surface area contributed by atoms with Crippen LogP contribution in [0.3, 0.4) is 0 Å². The van der Waals surface area contributed by atoms with Crippen LogP contribution in [0, 0.1) is 67.8 Å². The fourth-order valence-corrected chi connectivity index (χ4v) is 25.5. The Morgan fingerprint density at radius 2 is 0.637 bits per heavy atom. The van der Waals surface area contributed by atoms with E-state index < -0.39 is 62.0 Å². The topological polar surface area (TPSA) is 422 Å². The Morgan fingerprint density at radius 1 is 0.333 bits per heavy atom. The lowest BCUT2D eigenvalue weighted by atomic mass is 9.98. The average molecular weight is 1950 g/mol. The molecular formula is C94H119F3N22O11S5. The van der Waals surface area contributed by atoms with Gasteiger partial charge in [-0.2, -0.15) is 12.7 Å². The van der Waals surface area contributed by atoms with Gasteiger partial charge in [-0.05, 0) is 251 Å². The summed E-state index contributed by atoms with van der Waals surface area (Å²) in [6.07, 6.45) is 24.9. The van der Waals surface area contributed by atoms with Crippen LogP contribution < -0.4 is 53.8 Å². The first-order chi connectivity index (χ1) is 64.8. The molecular weight excluding hydrogens is 1830 g/mol. The number of carbonyl (C=O) groups is 1. The number of anilines is 5. The highest BCUT2D eigenvalue weighted by Gasteiger charge is 2.40. The summed E-state index contributed by atoms with van der Waals surface area (Å²) in [4.78, 5) is 65.9. The minimum atomic E-state index is -3.49. The summed E-state index contributed by atoms with van der Waals surface area (Å²) in [6, 6.07) is 31.0. The number of nitrogens with zero attached hydrogens (tertiary/aromatic N) is 16. The van der Waals surface area contributed by atoms with E-state index in [0.29, 0.717) is 121 Å². The molecule has 0 bridgehead atoms. The van der Waals surface area contributed by atoms with E-state index in [9.17, 15) is 60.1 Å². The zero-order valence-corrected chi connectivity index (χ0v) is 80.3. The number of aryl methyl sites for hydroxylation is 3. The molecule has 41 heteroatoms. The molecule has 722 valence electrons. The van der Waals surface area contributed by atoms with Crippen molar-refractivity contribution in [3.63, 3.8) is 0 Å². The van der Waals surface area contributed by atoms with Crippen LogP contribution in [0.2, 0.25) is 0 Å². The minimum absolute atomic E-state index is 0.141. The molecule has 0 spiro atoms. The quantitative estimate of drug-likeness (QED) is 0.0293. The molecule has 3 aliphatic carbocycles. The van der Waals surface area contributed by atoms with Crippen LogP contribution >= 0.6 is 0 Å². The molecule has 5 unspecified atom stereocenters. The first kappa shape index (κ1) is 97.9. The summed E-state index contributed by atoms with van der Waals surface area (Å²) < 4.78 is 180. The van der Waals surface area contributed by atoms with Crippen LogP contribution in [0.5, 0.6) is 0 Å². The van der Waals surface area contributed by atoms with Gasteiger partial charge in [0.05, 0.1) is 53.8 Å². The summed E-state index contributed by atoms with van der Waals surface area (Å²) in [7, 11) is -16.4. The van der Waals surface area contributed by atoms with Crippen molar-refractivity contribution in [1.82, 2.24) is 77.8 Å². The zero-order valence-electron chi connectivity index (χ0n) is 76.3. The van der Waals surface area contributed by atoms with E-state index in [-0.39, 0.29) is 56.6 Å². The number of primary amides is 1. The van der Waals surface area contributed by atoms with Gasteiger partial charge < -0.3 is 30.2 Å². The number of fused-ring (bicyclic) bond motifs is 5. The van der Waals surface area contributed by atoms with Gasteiger partial charge >= 0.3 is 0 Å². The van der Waals surface area contributed by atoms with Crippen molar-refractivity contribution in [2.24, 2.45) is 35.3 Å². The number of nitrogens with one attached hydrogen (secondary N) is 5. The lowest BCUT2D eigenvalue weighted by Crippen LogP contribution is -2.47. The number of rotatable bonds is 26. The molecule has 20 rings (SSSR count). The van der Waals surface area contributed by atoms with Gasteiger partial charge in [0.1, 0.15) is 78.2 Å². The fraction of sp³-hybridized carbons (Fsp3) is 0.500. The van der Waals surface area contributed by atoms with Crippen molar-refractivity contribution in [3.05, 3.63) is 181 Å². The normalized spacial score (nSPS) is 20.6. The third kappa shape index (κ3) is 25.4. The molecule has 11 aromatic rings. The molecule has 11 heterocycles. The Morgan fingerprint density at radius 3 is 0.978 bits per heavy atom. The second-order valence-corrected chi connectivity index (χ2v) is 46.8. The minimum Gasteiger partial charge on any atom is -0.366 e. The number of benzene rings is 6. The third-order valence-corrected chi connectivity index (χ3v) is 35.2. The molecule has 5 aromatic heterocycles. The van der Waals surface area contributed by atoms with Crippen LogP contribution in [-0.2, 0) is 50.3 Å². The van der Waals surface area contributed by atoms with Crippen molar-refractivity contribution in [1.29, 1.82) is 0 Å². The summed E-state index contributed by atoms with van der Waals surface area (Å²) in [6.45, 7) is 17.3. The molecule has 33 nitrogen and oxygen atoms in total. The van der Waals surface area contributed by atoms with E-state index in [1.807, 2.05) is 36.1 Å². The molecule has 135 heavy (non-hydrogen) atoms. The average Bonchev–Trinajstić information content (AvgIpc) is 1.60. The molecule has 6 saturated heterocycles. The Hall–Kier alpha value is -10.2. The molecule has 5 atom stereocenters. The third-order valence-electron chi connectivity index (χ3n) is 26.5. The van der Waals surface area contributed by atoms with E-state index >= 15 is 0 Å². The number of halogens is 3. The van der Waals surface area contributed by atoms with E-state index in [4.69, 9.17) is 5.73 Å². The Labute approximate surface area is 787 Å². The summed E-state index contributed by atoms with van der Waals surface area (Å²) in [5.41, 5.74) is 12.2. The van der Waals surface area contributed by atoms with Gasteiger partial charge in [0, 0.05) is 138 Å². The highest BCUT2D eigenvalue weighted by molar-refractivity contribution is 7.91. The monoisotopic (exact) mass is 1950 g/mol. The maximum Gasteiger partial charge on any atom is 0.279 e. The molecule has 6 aromatic carbocycles.